The highest BCUT2D eigenvalue weighted by Crippen LogP contribution is 2.43. The van der Waals surface area contributed by atoms with E-state index in [4.69, 9.17) is 15.2 Å². The predicted octanol–water partition coefficient (Wildman–Crippen LogP) is -2.00. The first-order chi connectivity index (χ1) is 10.7. The van der Waals surface area contributed by atoms with Gasteiger partial charge in [0.25, 0.3) is 5.56 Å². The van der Waals surface area contributed by atoms with Crippen LogP contribution in [0.4, 0.5) is 0 Å². The van der Waals surface area contributed by atoms with Gasteiger partial charge in [0.1, 0.15) is 17.8 Å². The smallest absolute Gasteiger partial charge is 0.330 e. The number of nitrogens with zero attached hydrogens (tertiary/aromatic N) is 1. The molecule has 1 aliphatic rings. The van der Waals surface area contributed by atoms with Crippen LogP contribution in [-0.4, -0.2) is 57.8 Å². The Morgan fingerprint density at radius 1 is 1.61 bits per heavy atom. The lowest BCUT2D eigenvalue weighted by molar-refractivity contribution is -0.184. The number of aromatic amines is 1. The molecule has 0 radical (unpaired) electrons. The summed E-state index contributed by atoms with van der Waals surface area (Å²) < 4.78 is 12.4. The van der Waals surface area contributed by atoms with Crippen LogP contribution in [0.5, 0.6) is 0 Å². The number of nitrogens with two attached hydrogens (primary N) is 1. The maximum absolute atomic E-state index is 12.3. The van der Waals surface area contributed by atoms with E-state index in [1.807, 2.05) is 0 Å². The topological polar surface area (TPSA) is 140 Å². The molecule has 23 heavy (non-hydrogen) atoms. The van der Waals surface area contributed by atoms with Crippen molar-refractivity contribution in [3.63, 3.8) is 0 Å². The zero-order chi connectivity index (χ0) is 17.4. The molecule has 1 unspecified atom stereocenters. The van der Waals surface area contributed by atoms with E-state index in [-0.39, 0.29) is 13.0 Å². The van der Waals surface area contributed by atoms with E-state index in [9.17, 15) is 19.8 Å². The van der Waals surface area contributed by atoms with E-state index in [0.717, 1.165) is 0 Å². The molecule has 9 heteroatoms. The molecule has 0 aliphatic carbocycles. The summed E-state index contributed by atoms with van der Waals surface area (Å²) in [6, 6.07) is 0. The average molecular weight is 329 g/mol. The summed E-state index contributed by atoms with van der Waals surface area (Å²) in [5.74, 6) is 0. The van der Waals surface area contributed by atoms with Crippen molar-refractivity contribution in [1.29, 1.82) is 0 Å². The van der Waals surface area contributed by atoms with E-state index < -0.39 is 41.4 Å². The fourth-order valence-corrected chi connectivity index (χ4v) is 2.97. The van der Waals surface area contributed by atoms with Gasteiger partial charge in [-0.05, 0) is 13.8 Å². The van der Waals surface area contributed by atoms with Gasteiger partial charge in [-0.15, -0.1) is 0 Å². The van der Waals surface area contributed by atoms with Gasteiger partial charge in [0, 0.05) is 31.8 Å². The normalized spacial score (nSPS) is 32.2. The predicted molar refractivity (Wildman–Crippen MR) is 81.1 cm³/mol. The first-order valence-corrected chi connectivity index (χ1v) is 7.31. The van der Waals surface area contributed by atoms with Gasteiger partial charge in [-0.1, -0.05) is 0 Å². The maximum atomic E-state index is 12.3. The highest BCUT2D eigenvalue weighted by atomic mass is 16.6. The zero-order valence-corrected chi connectivity index (χ0v) is 13.4. The first-order valence-electron chi connectivity index (χ1n) is 7.31. The number of aliphatic hydroxyl groups is 2. The van der Waals surface area contributed by atoms with Gasteiger partial charge in [0.15, 0.2) is 5.72 Å². The average Bonchev–Trinajstić information content (AvgIpc) is 2.84. The number of aryl methyl sites for hydroxylation is 1. The molecule has 1 saturated heterocycles. The van der Waals surface area contributed by atoms with Crippen LogP contribution < -0.4 is 17.0 Å². The molecule has 0 aromatic carbocycles. The Morgan fingerprint density at radius 2 is 2.26 bits per heavy atom. The number of aromatic nitrogens is 2. The molecule has 130 valence electrons. The monoisotopic (exact) mass is 329 g/mol. The van der Waals surface area contributed by atoms with Crippen LogP contribution in [0.3, 0.4) is 0 Å². The van der Waals surface area contributed by atoms with Gasteiger partial charge >= 0.3 is 5.69 Å². The van der Waals surface area contributed by atoms with Crippen LogP contribution in [0, 0.1) is 6.92 Å². The Kier molecular flexibility index (Phi) is 4.79. The fraction of sp³-hybridized carbons (Fsp3) is 0.714. The third kappa shape index (κ3) is 2.74. The van der Waals surface area contributed by atoms with E-state index in [2.05, 4.69) is 4.98 Å². The van der Waals surface area contributed by atoms with E-state index in [1.54, 1.807) is 13.8 Å². The van der Waals surface area contributed by atoms with Crippen molar-refractivity contribution in [2.24, 2.45) is 5.73 Å². The first kappa shape index (κ1) is 17.8. The molecule has 0 saturated carbocycles. The van der Waals surface area contributed by atoms with Crippen LogP contribution in [0.2, 0.25) is 0 Å². The van der Waals surface area contributed by atoms with Gasteiger partial charge in [0.05, 0.1) is 6.61 Å². The second-order valence-electron chi connectivity index (χ2n) is 5.94. The van der Waals surface area contributed by atoms with E-state index in [1.165, 1.54) is 17.9 Å². The number of methoxy groups -OCH3 is 1. The molecule has 1 aliphatic heterocycles. The van der Waals surface area contributed by atoms with Crippen molar-refractivity contribution < 1.29 is 19.7 Å². The number of ether oxygens (including phenoxy) is 2. The molecule has 0 bridgehead atoms. The molecular weight excluding hydrogens is 306 g/mol. The van der Waals surface area contributed by atoms with Gasteiger partial charge < -0.3 is 25.4 Å². The van der Waals surface area contributed by atoms with Crippen LogP contribution in [0.25, 0.3) is 0 Å². The standard InChI is InChI=1S/C14H23N3O6/c1-8-4-17(12(20)16-11(8)19)14(9(2)22-3)6-13(21,7-15)10(5-18)23-14/h4,9-10,18,21H,5-7,15H2,1-3H3,(H,16,19,20)/t9?,10-,13-,14+/m1/s1. The number of H-pyrrole nitrogens is 1. The molecule has 2 heterocycles. The number of hydrogen-bond acceptors (Lipinski definition) is 7. The minimum absolute atomic E-state index is 0.0673. The Balaban J connectivity index is 2.67. The molecule has 0 spiro atoms. The third-order valence-electron chi connectivity index (χ3n) is 4.54. The van der Waals surface area contributed by atoms with Crippen LogP contribution >= 0.6 is 0 Å². The second kappa shape index (κ2) is 6.17. The summed E-state index contributed by atoms with van der Waals surface area (Å²) in [6.07, 6.45) is -0.348. The Bertz CT molecular complexity index is 686. The summed E-state index contributed by atoms with van der Waals surface area (Å²) in [5.41, 5.74) is 1.83. The van der Waals surface area contributed by atoms with Crippen LogP contribution in [-0.2, 0) is 15.2 Å². The summed E-state index contributed by atoms with van der Waals surface area (Å²) in [5, 5.41) is 20.2. The van der Waals surface area contributed by atoms with Crippen molar-refractivity contribution >= 4 is 0 Å². The summed E-state index contributed by atoms with van der Waals surface area (Å²) in [4.78, 5) is 26.1. The summed E-state index contributed by atoms with van der Waals surface area (Å²) >= 11 is 0. The third-order valence-corrected chi connectivity index (χ3v) is 4.54. The van der Waals surface area contributed by atoms with Gasteiger partial charge in [-0.3, -0.25) is 14.3 Å². The zero-order valence-electron chi connectivity index (χ0n) is 13.4. The molecule has 9 nitrogen and oxygen atoms in total. The largest absolute Gasteiger partial charge is 0.394 e. The van der Waals surface area contributed by atoms with Crippen molar-refractivity contribution in [3.8, 4) is 0 Å². The molecule has 2 rings (SSSR count). The van der Waals surface area contributed by atoms with Crippen LogP contribution in [0.1, 0.15) is 18.9 Å². The highest BCUT2D eigenvalue weighted by molar-refractivity contribution is 5.09. The number of hydrogen-bond donors (Lipinski definition) is 4. The molecule has 1 aromatic heterocycles. The quantitative estimate of drug-likeness (QED) is 0.490. The number of aliphatic hydroxyl groups excluding tert-OH is 1. The molecule has 0 amide bonds. The minimum atomic E-state index is -1.52. The van der Waals surface area contributed by atoms with Crippen molar-refractivity contribution in [2.45, 2.75) is 43.8 Å². The fourth-order valence-electron chi connectivity index (χ4n) is 2.97. The van der Waals surface area contributed by atoms with E-state index >= 15 is 0 Å². The van der Waals surface area contributed by atoms with Crippen molar-refractivity contribution in [1.82, 2.24) is 9.55 Å². The van der Waals surface area contributed by atoms with Crippen LogP contribution in [0.15, 0.2) is 15.8 Å². The van der Waals surface area contributed by atoms with Gasteiger partial charge in [-0.2, -0.15) is 0 Å². The minimum Gasteiger partial charge on any atom is -0.394 e. The summed E-state index contributed by atoms with van der Waals surface area (Å²) in [6.45, 7) is 2.59. The van der Waals surface area contributed by atoms with Gasteiger partial charge in [0.2, 0.25) is 0 Å². The lowest BCUT2D eigenvalue weighted by atomic mass is 9.89. The van der Waals surface area contributed by atoms with Gasteiger partial charge in [-0.25, -0.2) is 4.79 Å². The van der Waals surface area contributed by atoms with Crippen molar-refractivity contribution in [3.05, 3.63) is 32.6 Å². The van der Waals surface area contributed by atoms with Crippen molar-refractivity contribution in [2.75, 3.05) is 20.3 Å². The molecule has 1 aromatic rings. The highest BCUT2D eigenvalue weighted by Gasteiger charge is 2.58. The number of nitrogens with one attached hydrogen (secondary N) is 1. The molecule has 5 N–H and O–H groups in total. The van der Waals surface area contributed by atoms with E-state index in [0.29, 0.717) is 5.56 Å². The lowest BCUT2D eigenvalue weighted by Gasteiger charge is -2.36. The SMILES string of the molecule is COC(C)[C@]1(n2cc(C)c(=O)[nH]c2=O)C[C@@](O)(CN)[C@@H](CO)O1. The summed E-state index contributed by atoms with van der Waals surface area (Å²) in [7, 11) is 1.44. The molecular formula is C14H23N3O6. The molecule has 1 fully saturated rings. The second-order valence-corrected chi connectivity index (χ2v) is 5.94. The Hall–Kier alpha value is -1.52. The Morgan fingerprint density at radius 3 is 2.74 bits per heavy atom. The maximum Gasteiger partial charge on any atom is 0.330 e. The molecule has 4 atom stereocenters. The number of rotatable bonds is 5. The Labute approximate surface area is 132 Å². The lowest BCUT2D eigenvalue weighted by Crippen LogP contribution is -2.52.